The van der Waals surface area contributed by atoms with Gasteiger partial charge in [-0.1, -0.05) is 34.1 Å². The number of rotatable bonds is 5. The van der Waals surface area contributed by atoms with E-state index in [4.69, 9.17) is 10.5 Å². The summed E-state index contributed by atoms with van der Waals surface area (Å²) in [6, 6.07) is 7.66. The number of halogens is 2. The van der Waals surface area contributed by atoms with Gasteiger partial charge in [-0.15, -0.1) is 12.4 Å². The molecule has 18 heavy (non-hydrogen) atoms. The Morgan fingerprint density at radius 2 is 2.11 bits per heavy atom. The average molecular weight is 338 g/mol. The quantitative estimate of drug-likeness (QED) is 0.864. The first kappa shape index (κ1) is 17.4. The van der Waals surface area contributed by atoms with Crippen LogP contribution in [0, 0.1) is 0 Å². The van der Waals surface area contributed by atoms with Crippen molar-refractivity contribution in [3.63, 3.8) is 0 Å². The van der Waals surface area contributed by atoms with Crippen LogP contribution in [0.4, 0.5) is 0 Å². The molecule has 2 unspecified atom stereocenters. The lowest BCUT2D eigenvalue weighted by atomic mass is 10.1. The van der Waals surface area contributed by atoms with Gasteiger partial charge >= 0.3 is 0 Å². The fourth-order valence-corrected chi connectivity index (χ4v) is 2.15. The Labute approximate surface area is 122 Å². The number of hydrogen-bond acceptors (Lipinski definition) is 3. The summed E-state index contributed by atoms with van der Waals surface area (Å²) in [6.07, 6.45) is -0.597. The molecule has 0 bridgehead atoms. The summed E-state index contributed by atoms with van der Waals surface area (Å²) in [5, 5.41) is 2.86. The number of carbonyl (C=O) groups is 1. The molecule has 6 heteroatoms. The number of amides is 1. The molecular weight excluding hydrogens is 320 g/mol. The Kier molecular flexibility index (Phi) is 8.18. The third-order valence-corrected chi connectivity index (χ3v) is 3.24. The second-order valence-electron chi connectivity index (χ2n) is 3.71. The SMILES string of the molecule is COC(CN)C(=O)NC(C)c1ccccc1Br.Cl. The number of ether oxygens (including phenoxy) is 1. The van der Waals surface area contributed by atoms with E-state index in [9.17, 15) is 4.79 Å². The van der Waals surface area contributed by atoms with Crippen LogP contribution in [0.5, 0.6) is 0 Å². The van der Waals surface area contributed by atoms with Crippen LogP contribution >= 0.6 is 28.3 Å². The molecule has 0 aliphatic carbocycles. The fourth-order valence-electron chi connectivity index (χ4n) is 1.52. The van der Waals surface area contributed by atoms with E-state index >= 15 is 0 Å². The van der Waals surface area contributed by atoms with Crippen molar-refractivity contribution in [2.75, 3.05) is 13.7 Å². The van der Waals surface area contributed by atoms with Crippen molar-refractivity contribution in [2.45, 2.75) is 19.1 Å². The van der Waals surface area contributed by atoms with E-state index in [0.29, 0.717) is 0 Å². The predicted molar refractivity (Wildman–Crippen MR) is 77.8 cm³/mol. The van der Waals surface area contributed by atoms with Gasteiger partial charge in [0.05, 0.1) is 6.04 Å². The predicted octanol–water partition coefficient (Wildman–Crippen LogP) is 2.02. The molecule has 3 N–H and O–H groups in total. The first-order valence-corrected chi connectivity index (χ1v) is 6.17. The number of nitrogens with one attached hydrogen (secondary N) is 1. The van der Waals surface area contributed by atoms with E-state index in [1.54, 1.807) is 0 Å². The lowest BCUT2D eigenvalue weighted by Crippen LogP contribution is -2.41. The van der Waals surface area contributed by atoms with Gasteiger partial charge in [-0.25, -0.2) is 0 Å². The molecule has 0 aliphatic heterocycles. The molecule has 1 aromatic carbocycles. The molecular formula is C12H18BrClN2O2. The lowest BCUT2D eigenvalue weighted by molar-refractivity contribution is -0.131. The number of carbonyl (C=O) groups excluding carboxylic acids is 1. The Morgan fingerprint density at radius 1 is 1.50 bits per heavy atom. The zero-order valence-corrected chi connectivity index (χ0v) is 12.8. The molecule has 4 nitrogen and oxygen atoms in total. The standard InChI is InChI=1S/C12H17BrN2O2.ClH/c1-8(9-5-3-4-6-10(9)13)15-12(16)11(7-14)17-2;/h3-6,8,11H,7,14H2,1-2H3,(H,15,16);1H. The van der Waals surface area contributed by atoms with Crippen molar-refractivity contribution in [3.05, 3.63) is 34.3 Å². The van der Waals surface area contributed by atoms with Gasteiger partial charge in [-0.05, 0) is 18.6 Å². The van der Waals surface area contributed by atoms with Crippen LogP contribution in [0.1, 0.15) is 18.5 Å². The molecule has 1 amide bonds. The second kappa shape index (κ2) is 8.48. The van der Waals surface area contributed by atoms with E-state index in [1.165, 1.54) is 7.11 Å². The van der Waals surface area contributed by atoms with Gasteiger partial charge < -0.3 is 15.8 Å². The highest BCUT2D eigenvalue weighted by molar-refractivity contribution is 9.10. The lowest BCUT2D eigenvalue weighted by Gasteiger charge is -2.19. The third kappa shape index (κ3) is 4.57. The zero-order chi connectivity index (χ0) is 12.8. The van der Waals surface area contributed by atoms with E-state index in [0.717, 1.165) is 10.0 Å². The van der Waals surface area contributed by atoms with Crippen molar-refractivity contribution in [1.82, 2.24) is 5.32 Å². The summed E-state index contributed by atoms with van der Waals surface area (Å²) < 4.78 is 5.95. The van der Waals surface area contributed by atoms with Gasteiger partial charge in [0.1, 0.15) is 6.10 Å². The molecule has 102 valence electrons. The smallest absolute Gasteiger partial charge is 0.250 e. The maximum atomic E-state index is 11.8. The van der Waals surface area contributed by atoms with E-state index in [-0.39, 0.29) is 30.9 Å². The first-order valence-electron chi connectivity index (χ1n) is 5.37. The Balaban J connectivity index is 0.00000289. The normalized spacial score (nSPS) is 13.3. The second-order valence-corrected chi connectivity index (χ2v) is 4.57. The number of nitrogens with two attached hydrogens (primary N) is 1. The molecule has 2 atom stereocenters. The van der Waals surface area contributed by atoms with E-state index < -0.39 is 6.10 Å². The van der Waals surface area contributed by atoms with Gasteiger partial charge in [0.2, 0.25) is 0 Å². The Hall–Kier alpha value is -0.620. The Bertz CT molecular complexity index is 386. The van der Waals surface area contributed by atoms with Gasteiger partial charge in [0.25, 0.3) is 5.91 Å². The summed E-state index contributed by atoms with van der Waals surface area (Å²) >= 11 is 3.45. The number of benzene rings is 1. The molecule has 0 saturated heterocycles. The Morgan fingerprint density at radius 3 is 2.61 bits per heavy atom. The van der Waals surface area contributed by atoms with Crippen molar-refractivity contribution >= 4 is 34.2 Å². The molecule has 1 rings (SSSR count). The highest BCUT2D eigenvalue weighted by atomic mass is 79.9. The maximum Gasteiger partial charge on any atom is 0.250 e. The monoisotopic (exact) mass is 336 g/mol. The first-order chi connectivity index (χ1) is 8.10. The van der Waals surface area contributed by atoms with Crippen LogP contribution in [-0.4, -0.2) is 25.7 Å². The molecule has 1 aromatic rings. The zero-order valence-electron chi connectivity index (χ0n) is 10.4. The fraction of sp³-hybridized carbons (Fsp3) is 0.417. The largest absolute Gasteiger partial charge is 0.370 e. The molecule has 0 spiro atoms. The topological polar surface area (TPSA) is 64.3 Å². The van der Waals surface area contributed by atoms with Crippen LogP contribution in [-0.2, 0) is 9.53 Å². The highest BCUT2D eigenvalue weighted by Gasteiger charge is 2.19. The number of methoxy groups -OCH3 is 1. The van der Waals surface area contributed by atoms with Crippen molar-refractivity contribution in [1.29, 1.82) is 0 Å². The third-order valence-electron chi connectivity index (χ3n) is 2.52. The molecule has 0 radical (unpaired) electrons. The van der Waals surface area contributed by atoms with Gasteiger partial charge in [0, 0.05) is 18.1 Å². The van der Waals surface area contributed by atoms with Crippen LogP contribution < -0.4 is 11.1 Å². The molecule has 0 aromatic heterocycles. The highest BCUT2D eigenvalue weighted by Crippen LogP contribution is 2.22. The summed E-state index contributed by atoms with van der Waals surface area (Å²) in [7, 11) is 1.47. The minimum Gasteiger partial charge on any atom is -0.370 e. The van der Waals surface area contributed by atoms with Gasteiger partial charge in [-0.2, -0.15) is 0 Å². The van der Waals surface area contributed by atoms with Gasteiger partial charge in [-0.3, -0.25) is 4.79 Å². The van der Waals surface area contributed by atoms with Crippen molar-refractivity contribution < 1.29 is 9.53 Å². The molecule has 0 saturated carbocycles. The van der Waals surface area contributed by atoms with Crippen LogP contribution in [0.2, 0.25) is 0 Å². The van der Waals surface area contributed by atoms with Crippen molar-refractivity contribution in [3.8, 4) is 0 Å². The summed E-state index contributed by atoms with van der Waals surface area (Å²) in [5.41, 5.74) is 6.45. The van der Waals surface area contributed by atoms with Gasteiger partial charge in [0.15, 0.2) is 0 Å². The molecule has 0 heterocycles. The van der Waals surface area contributed by atoms with Crippen LogP contribution in [0.25, 0.3) is 0 Å². The number of hydrogen-bond donors (Lipinski definition) is 2. The maximum absolute atomic E-state index is 11.8. The average Bonchev–Trinajstić information content (AvgIpc) is 2.31. The minimum absolute atomic E-state index is 0. The summed E-state index contributed by atoms with van der Waals surface area (Å²) in [4.78, 5) is 11.8. The van der Waals surface area contributed by atoms with E-state index in [1.807, 2.05) is 31.2 Å². The molecule has 0 fully saturated rings. The minimum atomic E-state index is -0.597. The van der Waals surface area contributed by atoms with E-state index in [2.05, 4.69) is 21.2 Å². The summed E-state index contributed by atoms with van der Waals surface area (Å²) in [5.74, 6) is -0.196. The van der Waals surface area contributed by atoms with Crippen LogP contribution in [0.3, 0.4) is 0 Å². The summed E-state index contributed by atoms with van der Waals surface area (Å²) in [6.45, 7) is 2.09. The van der Waals surface area contributed by atoms with Crippen molar-refractivity contribution in [2.24, 2.45) is 5.73 Å². The van der Waals surface area contributed by atoms with Crippen LogP contribution in [0.15, 0.2) is 28.7 Å². The molecule has 0 aliphatic rings.